The minimum Gasteiger partial charge on any atom is -0.481 e. The molecule has 2 N–H and O–H groups in total. The van der Waals surface area contributed by atoms with E-state index in [0.29, 0.717) is 11.3 Å². The number of carboxylic acid groups (broad SMARTS) is 1. The van der Waals surface area contributed by atoms with Crippen molar-refractivity contribution in [2.75, 3.05) is 5.32 Å². The van der Waals surface area contributed by atoms with Gasteiger partial charge in [0.1, 0.15) is 0 Å². The molecule has 1 spiro atoms. The van der Waals surface area contributed by atoms with Gasteiger partial charge in [0.15, 0.2) is 0 Å². The van der Waals surface area contributed by atoms with Gasteiger partial charge in [-0.05, 0) is 42.6 Å². The molecule has 0 aromatic heterocycles. The van der Waals surface area contributed by atoms with Crippen LogP contribution in [0.3, 0.4) is 0 Å². The normalized spacial score (nSPS) is 30.4. The summed E-state index contributed by atoms with van der Waals surface area (Å²) < 4.78 is 0. The minimum absolute atomic E-state index is 0.0528. The van der Waals surface area contributed by atoms with Crippen LogP contribution in [0.1, 0.15) is 18.4 Å². The lowest BCUT2D eigenvalue weighted by atomic mass is 9.82. The number of aliphatic carboxylic acids is 1. The van der Waals surface area contributed by atoms with E-state index in [1.54, 1.807) is 13.0 Å². The molecule has 1 aromatic carbocycles. The Labute approximate surface area is 143 Å². The zero-order chi connectivity index (χ0) is 17.9. The quantitative estimate of drug-likeness (QED) is 0.497. The first-order chi connectivity index (χ1) is 11.8. The fourth-order valence-electron chi connectivity index (χ4n) is 4.76. The van der Waals surface area contributed by atoms with Crippen LogP contribution in [0, 0.1) is 46.1 Å². The van der Waals surface area contributed by atoms with Gasteiger partial charge in [-0.15, -0.1) is 0 Å². The van der Waals surface area contributed by atoms with Crippen LogP contribution in [-0.4, -0.2) is 21.9 Å². The number of anilines is 1. The van der Waals surface area contributed by atoms with E-state index >= 15 is 0 Å². The molecule has 1 aromatic rings. The molecule has 0 unspecified atom stereocenters. The van der Waals surface area contributed by atoms with Crippen LogP contribution < -0.4 is 5.32 Å². The SMILES string of the molecule is Cc1ccc([N+](=O)[O-])cc1NC(=O)[C@H]1[C@@H](C(=O)O)[C@@H]2C=C[C@H]1C21CC1. The molecule has 4 atom stereocenters. The average Bonchev–Trinajstić information content (AvgIpc) is 3.22. The molecule has 130 valence electrons. The first kappa shape index (κ1) is 15.8. The van der Waals surface area contributed by atoms with Crippen molar-refractivity contribution in [2.45, 2.75) is 19.8 Å². The summed E-state index contributed by atoms with van der Waals surface area (Å²) in [6.07, 6.45) is 5.86. The van der Waals surface area contributed by atoms with Gasteiger partial charge in [-0.2, -0.15) is 0 Å². The van der Waals surface area contributed by atoms with Crippen molar-refractivity contribution in [3.8, 4) is 0 Å². The zero-order valence-electron chi connectivity index (χ0n) is 13.6. The molecule has 7 nitrogen and oxygen atoms in total. The molecular formula is C18H18N2O5. The van der Waals surface area contributed by atoms with E-state index in [1.807, 2.05) is 12.2 Å². The van der Waals surface area contributed by atoms with Crippen molar-refractivity contribution in [3.63, 3.8) is 0 Å². The van der Waals surface area contributed by atoms with Gasteiger partial charge in [-0.1, -0.05) is 18.2 Å². The molecular weight excluding hydrogens is 324 g/mol. The molecule has 2 fully saturated rings. The summed E-state index contributed by atoms with van der Waals surface area (Å²) in [4.78, 5) is 35.1. The standard InChI is InChI=1S/C18H18N2O5/c1-9-2-3-10(20(24)25)8-13(9)19-16(21)14-11-4-5-12(15(14)17(22)23)18(11)6-7-18/h2-5,8,11-12,14-15H,6-7H2,1H3,(H,19,21)(H,22,23)/t11-,12+,14-,15+/m1/s1. The molecule has 3 aliphatic carbocycles. The number of carbonyl (C=O) groups excluding carboxylic acids is 1. The molecule has 0 saturated heterocycles. The lowest BCUT2D eigenvalue weighted by Crippen LogP contribution is -2.36. The van der Waals surface area contributed by atoms with E-state index in [0.717, 1.165) is 12.8 Å². The highest BCUT2D eigenvalue weighted by molar-refractivity contribution is 5.97. The summed E-state index contributed by atoms with van der Waals surface area (Å²) in [7, 11) is 0. The monoisotopic (exact) mass is 342 g/mol. The maximum atomic E-state index is 12.9. The van der Waals surface area contributed by atoms with Gasteiger partial charge in [0.05, 0.1) is 22.4 Å². The number of aryl methyl sites for hydroxylation is 1. The molecule has 25 heavy (non-hydrogen) atoms. The van der Waals surface area contributed by atoms with E-state index in [4.69, 9.17) is 0 Å². The van der Waals surface area contributed by atoms with E-state index in [1.165, 1.54) is 12.1 Å². The van der Waals surface area contributed by atoms with Crippen molar-refractivity contribution in [1.82, 2.24) is 0 Å². The molecule has 0 aliphatic heterocycles. The number of non-ortho nitro benzene ring substituents is 1. The van der Waals surface area contributed by atoms with Crippen LogP contribution in [-0.2, 0) is 9.59 Å². The van der Waals surface area contributed by atoms with Crippen molar-refractivity contribution in [1.29, 1.82) is 0 Å². The Morgan fingerprint density at radius 3 is 2.44 bits per heavy atom. The van der Waals surface area contributed by atoms with Gasteiger partial charge < -0.3 is 10.4 Å². The number of nitrogens with one attached hydrogen (secondary N) is 1. The number of nitro benzene ring substituents is 1. The smallest absolute Gasteiger partial charge is 0.307 e. The van der Waals surface area contributed by atoms with Gasteiger partial charge in [0.2, 0.25) is 5.91 Å². The molecule has 7 heteroatoms. The molecule has 0 heterocycles. The number of nitro groups is 1. The fourth-order valence-corrected chi connectivity index (χ4v) is 4.76. The highest BCUT2D eigenvalue weighted by atomic mass is 16.6. The van der Waals surface area contributed by atoms with E-state index in [9.17, 15) is 24.8 Å². The van der Waals surface area contributed by atoms with Gasteiger partial charge in [-0.25, -0.2) is 0 Å². The molecule has 2 bridgehead atoms. The zero-order valence-corrected chi connectivity index (χ0v) is 13.6. The van der Waals surface area contributed by atoms with Gasteiger partial charge in [0, 0.05) is 12.1 Å². The molecule has 0 radical (unpaired) electrons. The van der Waals surface area contributed by atoms with Gasteiger partial charge in [0.25, 0.3) is 5.69 Å². The number of benzene rings is 1. The number of allylic oxidation sites excluding steroid dienone is 2. The summed E-state index contributed by atoms with van der Waals surface area (Å²) in [6, 6.07) is 4.27. The third kappa shape index (κ3) is 2.18. The Hall–Kier alpha value is -2.70. The first-order valence-corrected chi connectivity index (χ1v) is 8.32. The highest BCUT2D eigenvalue weighted by Crippen LogP contribution is 2.72. The molecule has 1 amide bonds. The summed E-state index contributed by atoms with van der Waals surface area (Å²) in [5, 5.41) is 23.3. The Morgan fingerprint density at radius 2 is 1.88 bits per heavy atom. The third-order valence-electron chi connectivity index (χ3n) is 6.12. The third-order valence-corrected chi connectivity index (χ3v) is 6.12. The second kappa shape index (κ2) is 5.15. The fraction of sp³-hybridized carbons (Fsp3) is 0.444. The van der Waals surface area contributed by atoms with Crippen LogP contribution in [0.4, 0.5) is 11.4 Å². The summed E-state index contributed by atoms with van der Waals surface area (Å²) in [5.41, 5.74) is 0.899. The van der Waals surface area contributed by atoms with Gasteiger partial charge >= 0.3 is 5.97 Å². The lowest BCUT2D eigenvalue weighted by molar-refractivity contribution is -0.384. The van der Waals surface area contributed by atoms with Gasteiger partial charge in [-0.3, -0.25) is 19.7 Å². The van der Waals surface area contributed by atoms with Crippen molar-refractivity contribution < 1.29 is 19.6 Å². The lowest BCUT2D eigenvalue weighted by Gasteiger charge is -2.24. The number of hydrogen-bond donors (Lipinski definition) is 2. The Kier molecular flexibility index (Phi) is 3.25. The van der Waals surface area contributed by atoms with Crippen LogP contribution in [0.2, 0.25) is 0 Å². The summed E-state index contributed by atoms with van der Waals surface area (Å²) in [6.45, 7) is 1.75. The number of carboxylic acids is 1. The first-order valence-electron chi connectivity index (χ1n) is 8.32. The van der Waals surface area contributed by atoms with Crippen molar-refractivity contribution in [2.24, 2.45) is 29.1 Å². The summed E-state index contributed by atoms with van der Waals surface area (Å²) in [5.74, 6) is -2.81. The highest BCUT2D eigenvalue weighted by Gasteiger charge is 2.70. The summed E-state index contributed by atoms with van der Waals surface area (Å²) >= 11 is 0. The maximum absolute atomic E-state index is 12.9. The van der Waals surface area contributed by atoms with Crippen LogP contribution in [0.5, 0.6) is 0 Å². The van der Waals surface area contributed by atoms with Crippen molar-refractivity contribution in [3.05, 3.63) is 46.0 Å². The van der Waals surface area contributed by atoms with E-state index in [-0.39, 0.29) is 28.8 Å². The Bertz CT molecular complexity index is 827. The van der Waals surface area contributed by atoms with Crippen LogP contribution in [0.25, 0.3) is 0 Å². The second-order valence-corrected chi connectivity index (χ2v) is 7.31. The topological polar surface area (TPSA) is 110 Å². The molecule has 3 aliphatic rings. The Morgan fingerprint density at radius 1 is 1.24 bits per heavy atom. The van der Waals surface area contributed by atoms with E-state index < -0.39 is 22.7 Å². The molecule has 4 rings (SSSR count). The number of hydrogen-bond acceptors (Lipinski definition) is 4. The van der Waals surface area contributed by atoms with Crippen molar-refractivity contribution >= 4 is 23.3 Å². The minimum atomic E-state index is -0.945. The predicted octanol–water partition coefficient (Wildman–Crippen LogP) is 2.75. The largest absolute Gasteiger partial charge is 0.481 e. The van der Waals surface area contributed by atoms with Crippen LogP contribution in [0.15, 0.2) is 30.4 Å². The predicted molar refractivity (Wildman–Crippen MR) is 88.9 cm³/mol. The van der Waals surface area contributed by atoms with E-state index in [2.05, 4.69) is 5.32 Å². The number of carbonyl (C=O) groups is 2. The van der Waals surface area contributed by atoms with Crippen LogP contribution >= 0.6 is 0 Å². The molecule has 2 saturated carbocycles. The Balaban J connectivity index is 1.63. The number of amides is 1. The number of rotatable bonds is 4. The number of nitrogens with zero attached hydrogens (tertiary/aromatic N) is 1. The maximum Gasteiger partial charge on any atom is 0.307 e. The second-order valence-electron chi connectivity index (χ2n) is 7.31. The average molecular weight is 342 g/mol.